The molecular weight excluding hydrogens is 316 g/mol. The predicted octanol–water partition coefficient (Wildman–Crippen LogP) is 2.77. The number of aromatic nitrogens is 4. The quantitative estimate of drug-likeness (QED) is 0.781. The second kappa shape index (κ2) is 6.51. The van der Waals surface area contributed by atoms with Crippen molar-refractivity contribution < 1.29 is 4.79 Å². The third kappa shape index (κ3) is 3.17. The fraction of sp³-hybridized carbons (Fsp3) is 0.333. The van der Waals surface area contributed by atoms with Crippen molar-refractivity contribution >= 4 is 22.6 Å². The lowest BCUT2D eigenvalue weighted by Crippen LogP contribution is -2.42. The Morgan fingerprint density at radius 2 is 2.20 bits per heavy atom. The minimum atomic E-state index is -0.0936. The summed E-state index contributed by atoms with van der Waals surface area (Å²) in [5, 5.41) is 12.1. The Labute approximate surface area is 145 Å². The topological polar surface area (TPSA) is 75.9 Å². The van der Waals surface area contributed by atoms with Crippen LogP contribution in [0.2, 0.25) is 0 Å². The van der Waals surface area contributed by atoms with Gasteiger partial charge in [0.1, 0.15) is 12.2 Å². The summed E-state index contributed by atoms with van der Waals surface area (Å²) in [5.74, 6) is 1.16. The van der Waals surface area contributed by atoms with E-state index in [2.05, 4.69) is 20.5 Å². The number of hydrogen-bond acceptors (Lipinski definition) is 4. The molecule has 3 aromatic rings. The highest BCUT2D eigenvalue weighted by Gasteiger charge is 2.27. The smallest absolute Gasteiger partial charge is 0.321 e. The van der Waals surface area contributed by atoms with Crippen LogP contribution in [0, 0.1) is 0 Å². The minimum Gasteiger partial charge on any atom is -0.324 e. The molecule has 0 bridgehead atoms. The number of anilines is 1. The van der Waals surface area contributed by atoms with Crippen LogP contribution in [0.4, 0.5) is 10.5 Å². The molecule has 7 heteroatoms. The van der Waals surface area contributed by atoms with E-state index in [1.165, 1.54) is 0 Å². The molecule has 4 rings (SSSR count). The van der Waals surface area contributed by atoms with Gasteiger partial charge >= 0.3 is 6.03 Å². The Morgan fingerprint density at radius 1 is 1.32 bits per heavy atom. The highest BCUT2D eigenvalue weighted by Crippen LogP contribution is 2.25. The third-order valence-corrected chi connectivity index (χ3v) is 4.66. The molecule has 25 heavy (non-hydrogen) atoms. The number of nitrogens with one attached hydrogen (secondary N) is 1. The SMILES string of the molecule is Cn1cnnc1[C@@H]1CCCN(C(=O)Nc2cnc3ccccc3c2)C1. The molecule has 7 nitrogen and oxygen atoms in total. The highest BCUT2D eigenvalue weighted by molar-refractivity contribution is 5.92. The molecule has 2 amide bonds. The van der Waals surface area contributed by atoms with Gasteiger partial charge in [0.15, 0.2) is 0 Å². The number of carbonyl (C=O) groups is 1. The first-order valence-electron chi connectivity index (χ1n) is 8.45. The van der Waals surface area contributed by atoms with Crippen molar-refractivity contribution in [2.75, 3.05) is 18.4 Å². The maximum Gasteiger partial charge on any atom is 0.321 e. The summed E-state index contributed by atoms with van der Waals surface area (Å²) in [7, 11) is 1.94. The monoisotopic (exact) mass is 336 g/mol. The summed E-state index contributed by atoms with van der Waals surface area (Å²) < 4.78 is 1.93. The van der Waals surface area contributed by atoms with Gasteiger partial charge in [0.25, 0.3) is 0 Å². The lowest BCUT2D eigenvalue weighted by atomic mass is 9.97. The van der Waals surface area contributed by atoms with Crippen LogP contribution in [0.15, 0.2) is 42.9 Å². The Kier molecular flexibility index (Phi) is 4.05. The zero-order chi connectivity index (χ0) is 17.2. The lowest BCUT2D eigenvalue weighted by Gasteiger charge is -2.32. The average Bonchev–Trinajstić information content (AvgIpc) is 3.08. The normalized spacial score (nSPS) is 17.6. The third-order valence-electron chi connectivity index (χ3n) is 4.66. The van der Waals surface area contributed by atoms with Crippen LogP contribution in [0.1, 0.15) is 24.6 Å². The Hall–Kier alpha value is -2.96. The van der Waals surface area contributed by atoms with Gasteiger partial charge in [-0.05, 0) is 25.0 Å². The summed E-state index contributed by atoms with van der Waals surface area (Å²) in [6, 6.07) is 9.72. The molecule has 0 unspecified atom stereocenters. The first-order chi connectivity index (χ1) is 12.2. The zero-order valence-corrected chi connectivity index (χ0v) is 14.1. The van der Waals surface area contributed by atoms with Gasteiger partial charge in [-0.15, -0.1) is 10.2 Å². The first-order valence-corrected chi connectivity index (χ1v) is 8.45. The van der Waals surface area contributed by atoms with Crippen LogP contribution in [-0.4, -0.2) is 43.8 Å². The van der Waals surface area contributed by atoms with E-state index >= 15 is 0 Å². The number of nitrogens with zero attached hydrogens (tertiary/aromatic N) is 5. The molecule has 0 radical (unpaired) electrons. The van der Waals surface area contributed by atoms with Gasteiger partial charge in [-0.25, -0.2) is 4.79 Å². The molecule has 3 heterocycles. The summed E-state index contributed by atoms with van der Waals surface area (Å²) >= 11 is 0. The van der Waals surface area contributed by atoms with Crippen molar-refractivity contribution in [3.8, 4) is 0 Å². The summed E-state index contributed by atoms with van der Waals surface area (Å²) in [5.41, 5.74) is 1.63. The van der Waals surface area contributed by atoms with Gasteiger partial charge in [-0.1, -0.05) is 18.2 Å². The van der Waals surface area contributed by atoms with E-state index < -0.39 is 0 Å². The Bertz CT molecular complexity index is 905. The number of benzene rings is 1. The van der Waals surface area contributed by atoms with Gasteiger partial charge in [-0.3, -0.25) is 4.98 Å². The van der Waals surface area contributed by atoms with Crippen LogP contribution < -0.4 is 5.32 Å². The van der Waals surface area contributed by atoms with E-state index in [0.29, 0.717) is 12.2 Å². The fourth-order valence-electron chi connectivity index (χ4n) is 3.38. The van der Waals surface area contributed by atoms with Gasteiger partial charge < -0.3 is 14.8 Å². The molecule has 0 spiro atoms. The van der Waals surface area contributed by atoms with E-state index in [4.69, 9.17) is 0 Å². The molecule has 1 N–H and O–H groups in total. The molecule has 1 aliphatic heterocycles. The van der Waals surface area contributed by atoms with Crippen LogP contribution in [0.5, 0.6) is 0 Å². The van der Waals surface area contributed by atoms with Gasteiger partial charge in [0.2, 0.25) is 0 Å². The number of aryl methyl sites for hydroxylation is 1. The first kappa shape index (κ1) is 15.6. The van der Waals surface area contributed by atoms with Crippen LogP contribution >= 0.6 is 0 Å². The van der Waals surface area contributed by atoms with Crippen LogP contribution in [-0.2, 0) is 7.05 Å². The number of urea groups is 1. The van der Waals surface area contributed by atoms with Crippen molar-refractivity contribution in [2.45, 2.75) is 18.8 Å². The summed E-state index contributed by atoms with van der Waals surface area (Å²) in [4.78, 5) is 18.9. The standard InChI is InChI=1S/C18H20N6O/c1-23-12-20-22-17(23)14-6-4-8-24(11-14)18(25)21-15-9-13-5-2-3-7-16(13)19-10-15/h2-3,5,7,9-10,12,14H,4,6,8,11H2,1H3,(H,21,25)/t14-/m1/s1. The number of hydrogen-bond donors (Lipinski definition) is 1. The fourth-order valence-corrected chi connectivity index (χ4v) is 3.38. The largest absolute Gasteiger partial charge is 0.324 e. The molecule has 1 aliphatic rings. The molecule has 128 valence electrons. The highest BCUT2D eigenvalue weighted by atomic mass is 16.2. The maximum atomic E-state index is 12.6. The van der Waals surface area contributed by atoms with E-state index in [1.54, 1.807) is 12.5 Å². The second-order valence-electron chi connectivity index (χ2n) is 6.43. The van der Waals surface area contributed by atoms with E-state index in [9.17, 15) is 4.79 Å². The summed E-state index contributed by atoms with van der Waals surface area (Å²) in [6.45, 7) is 1.40. The maximum absolute atomic E-state index is 12.6. The van der Waals surface area contributed by atoms with E-state index in [0.717, 1.165) is 36.1 Å². The van der Waals surface area contributed by atoms with Crippen molar-refractivity contribution in [3.05, 3.63) is 48.7 Å². The molecule has 1 atom stereocenters. The van der Waals surface area contributed by atoms with E-state index in [1.807, 2.05) is 46.8 Å². The number of likely N-dealkylation sites (tertiary alicyclic amines) is 1. The number of pyridine rings is 1. The molecule has 1 aromatic carbocycles. The van der Waals surface area contributed by atoms with Gasteiger partial charge in [0.05, 0.1) is 17.4 Å². The van der Waals surface area contributed by atoms with E-state index in [-0.39, 0.29) is 11.9 Å². The summed E-state index contributed by atoms with van der Waals surface area (Å²) in [6.07, 6.45) is 5.38. The van der Waals surface area contributed by atoms with Crippen molar-refractivity contribution in [3.63, 3.8) is 0 Å². The van der Waals surface area contributed by atoms with Crippen molar-refractivity contribution in [1.82, 2.24) is 24.6 Å². The molecule has 2 aromatic heterocycles. The minimum absolute atomic E-state index is 0.0936. The van der Waals surface area contributed by atoms with Crippen LogP contribution in [0.3, 0.4) is 0 Å². The number of fused-ring (bicyclic) bond motifs is 1. The zero-order valence-electron chi connectivity index (χ0n) is 14.1. The number of amides is 2. The van der Waals surface area contributed by atoms with Crippen LogP contribution in [0.25, 0.3) is 10.9 Å². The van der Waals surface area contributed by atoms with Gasteiger partial charge in [0, 0.05) is 31.4 Å². The number of para-hydroxylation sites is 1. The molecular formula is C18H20N6O. The average molecular weight is 336 g/mol. The van der Waals surface area contributed by atoms with Gasteiger partial charge in [-0.2, -0.15) is 0 Å². The molecule has 0 aliphatic carbocycles. The molecule has 0 saturated carbocycles. The molecule has 1 saturated heterocycles. The second-order valence-corrected chi connectivity index (χ2v) is 6.43. The Balaban J connectivity index is 1.47. The number of piperidine rings is 1. The molecule has 1 fully saturated rings. The van der Waals surface area contributed by atoms with Crippen molar-refractivity contribution in [1.29, 1.82) is 0 Å². The number of rotatable bonds is 2. The predicted molar refractivity (Wildman–Crippen MR) is 95.3 cm³/mol. The lowest BCUT2D eigenvalue weighted by molar-refractivity contribution is 0.190. The van der Waals surface area contributed by atoms with Crippen molar-refractivity contribution in [2.24, 2.45) is 7.05 Å². The Morgan fingerprint density at radius 3 is 3.04 bits per heavy atom. The number of carbonyl (C=O) groups excluding carboxylic acids is 1.